The molecule has 0 N–H and O–H groups in total. The predicted molar refractivity (Wildman–Crippen MR) is 60.0 cm³/mol. The van der Waals surface area contributed by atoms with Gasteiger partial charge in [0.15, 0.2) is 5.01 Å². The number of thiazole rings is 1. The van der Waals surface area contributed by atoms with Crippen LogP contribution in [0.4, 0.5) is 0 Å². The highest BCUT2D eigenvalue weighted by atomic mass is 35.5. The van der Waals surface area contributed by atoms with E-state index in [0.29, 0.717) is 5.88 Å². The predicted octanol–water partition coefficient (Wildman–Crippen LogP) is 3.02. The van der Waals surface area contributed by atoms with Crippen molar-refractivity contribution in [3.8, 4) is 9.88 Å². The molecule has 0 amide bonds. The number of hydrogen-bond acceptors (Lipinski definition) is 5. The van der Waals surface area contributed by atoms with Gasteiger partial charge in [-0.25, -0.2) is 4.98 Å². The first-order valence-electron chi connectivity index (χ1n) is 4.03. The van der Waals surface area contributed by atoms with Gasteiger partial charge in [0.2, 0.25) is 0 Å². The van der Waals surface area contributed by atoms with Gasteiger partial charge in [0, 0.05) is 0 Å². The lowest BCUT2D eigenvalue weighted by Crippen LogP contribution is -1.77. The molecule has 2 rings (SSSR count). The van der Waals surface area contributed by atoms with Crippen molar-refractivity contribution in [3.05, 3.63) is 15.7 Å². The van der Waals surface area contributed by atoms with Crippen LogP contribution in [0, 0.1) is 13.8 Å². The second kappa shape index (κ2) is 3.92. The molecular formula is C8H8ClN3S2. The minimum Gasteiger partial charge on any atom is -0.246 e. The molecule has 0 unspecified atom stereocenters. The number of rotatable bonds is 2. The summed E-state index contributed by atoms with van der Waals surface area (Å²) in [6, 6.07) is 0. The largest absolute Gasteiger partial charge is 0.246 e. The monoisotopic (exact) mass is 245 g/mol. The zero-order valence-electron chi connectivity index (χ0n) is 7.74. The number of nitrogens with zero attached hydrogens (tertiary/aromatic N) is 3. The van der Waals surface area contributed by atoms with Crippen molar-refractivity contribution >= 4 is 34.3 Å². The number of aryl methyl sites for hydroxylation is 2. The van der Waals surface area contributed by atoms with E-state index >= 15 is 0 Å². The molecule has 2 aromatic rings. The summed E-state index contributed by atoms with van der Waals surface area (Å²) in [7, 11) is 0. The van der Waals surface area contributed by atoms with Crippen LogP contribution in [0.5, 0.6) is 0 Å². The third-order valence-corrected chi connectivity index (χ3v) is 4.24. The van der Waals surface area contributed by atoms with E-state index in [1.165, 1.54) is 11.3 Å². The SMILES string of the molecule is Cc1nc(C)c(-c2nnc(CCl)s2)s1. The Bertz CT molecular complexity index is 449. The molecule has 0 aliphatic carbocycles. The number of alkyl halides is 1. The molecule has 2 aromatic heterocycles. The fourth-order valence-electron chi connectivity index (χ4n) is 1.13. The summed E-state index contributed by atoms with van der Waals surface area (Å²) in [6.07, 6.45) is 0. The van der Waals surface area contributed by atoms with Crippen LogP contribution < -0.4 is 0 Å². The lowest BCUT2D eigenvalue weighted by atomic mass is 10.4. The van der Waals surface area contributed by atoms with Crippen LogP contribution >= 0.6 is 34.3 Å². The number of hydrogen-bond donors (Lipinski definition) is 0. The Kier molecular flexibility index (Phi) is 2.80. The highest BCUT2D eigenvalue weighted by molar-refractivity contribution is 7.21. The lowest BCUT2D eigenvalue weighted by Gasteiger charge is -1.87. The second-order valence-electron chi connectivity index (χ2n) is 2.78. The van der Waals surface area contributed by atoms with Crippen LogP contribution in [0.2, 0.25) is 0 Å². The molecule has 0 aromatic carbocycles. The molecule has 14 heavy (non-hydrogen) atoms. The third kappa shape index (κ3) is 1.80. The van der Waals surface area contributed by atoms with Gasteiger partial charge in [-0.05, 0) is 13.8 Å². The molecule has 3 nitrogen and oxygen atoms in total. The minimum absolute atomic E-state index is 0.425. The molecule has 0 radical (unpaired) electrons. The smallest absolute Gasteiger partial charge is 0.159 e. The van der Waals surface area contributed by atoms with Crippen LogP contribution in [-0.2, 0) is 5.88 Å². The summed E-state index contributed by atoms with van der Waals surface area (Å²) in [5, 5.41) is 10.9. The molecule has 0 aliphatic rings. The van der Waals surface area contributed by atoms with Crippen molar-refractivity contribution in [1.82, 2.24) is 15.2 Å². The van der Waals surface area contributed by atoms with E-state index in [-0.39, 0.29) is 0 Å². The molecule has 74 valence electrons. The average Bonchev–Trinajstić information content (AvgIpc) is 2.71. The first-order chi connectivity index (χ1) is 6.70. The molecule has 0 atom stereocenters. The summed E-state index contributed by atoms with van der Waals surface area (Å²) in [5.74, 6) is 0.425. The molecule has 0 saturated carbocycles. The summed E-state index contributed by atoms with van der Waals surface area (Å²) < 4.78 is 0. The van der Waals surface area contributed by atoms with Gasteiger partial charge in [0.25, 0.3) is 0 Å². The molecule has 0 spiro atoms. The second-order valence-corrected chi connectivity index (χ2v) is 5.31. The zero-order valence-corrected chi connectivity index (χ0v) is 10.1. The van der Waals surface area contributed by atoms with E-state index in [9.17, 15) is 0 Å². The molecule has 0 bridgehead atoms. The third-order valence-electron chi connectivity index (χ3n) is 1.68. The van der Waals surface area contributed by atoms with Gasteiger partial charge < -0.3 is 0 Å². The van der Waals surface area contributed by atoms with Gasteiger partial charge >= 0.3 is 0 Å². The van der Waals surface area contributed by atoms with Gasteiger partial charge in [0.1, 0.15) is 5.01 Å². The van der Waals surface area contributed by atoms with Crippen molar-refractivity contribution in [2.75, 3.05) is 0 Å². The first kappa shape index (κ1) is 10.0. The number of halogens is 1. The van der Waals surface area contributed by atoms with Crippen LogP contribution in [0.1, 0.15) is 15.7 Å². The lowest BCUT2D eigenvalue weighted by molar-refractivity contribution is 1.04. The van der Waals surface area contributed by atoms with E-state index in [4.69, 9.17) is 11.6 Å². The van der Waals surface area contributed by atoms with E-state index < -0.39 is 0 Å². The standard InChI is InChI=1S/C8H8ClN3S2/c1-4-7(13-5(2)10-4)8-12-11-6(3-9)14-8/h3H2,1-2H3. The van der Waals surface area contributed by atoms with Crippen LogP contribution in [0.3, 0.4) is 0 Å². The highest BCUT2D eigenvalue weighted by Gasteiger charge is 2.12. The Morgan fingerprint density at radius 3 is 2.50 bits per heavy atom. The Morgan fingerprint density at radius 2 is 2.00 bits per heavy atom. The maximum Gasteiger partial charge on any atom is 0.159 e. The number of aromatic nitrogens is 3. The maximum atomic E-state index is 5.67. The van der Waals surface area contributed by atoms with Crippen molar-refractivity contribution < 1.29 is 0 Å². The topological polar surface area (TPSA) is 38.7 Å². The van der Waals surface area contributed by atoms with Crippen LogP contribution in [-0.4, -0.2) is 15.2 Å². The fourth-order valence-corrected chi connectivity index (χ4v) is 3.08. The highest BCUT2D eigenvalue weighted by Crippen LogP contribution is 2.31. The van der Waals surface area contributed by atoms with Gasteiger partial charge in [-0.2, -0.15) is 0 Å². The summed E-state index contributed by atoms with van der Waals surface area (Å²) in [6.45, 7) is 3.98. The van der Waals surface area contributed by atoms with E-state index in [2.05, 4.69) is 15.2 Å². The molecule has 0 aliphatic heterocycles. The van der Waals surface area contributed by atoms with E-state index in [1.807, 2.05) is 13.8 Å². The molecule has 0 saturated heterocycles. The Hall–Kier alpha value is -0.520. The summed E-state index contributed by atoms with van der Waals surface area (Å²) in [4.78, 5) is 5.45. The van der Waals surface area contributed by atoms with Gasteiger partial charge in [-0.1, -0.05) is 11.3 Å². The Labute approximate surface area is 94.8 Å². The van der Waals surface area contributed by atoms with Crippen molar-refractivity contribution in [2.24, 2.45) is 0 Å². The molecular weight excluding hydrogens is 238 g/mol. The molecule has 0 fully saturated rings. The van der Waals surface area contributed by atoms with Gasteiger partial charge in [-0.3, -0.25) is 0 Å². The van der Waals surface area contributed by atoms with Crippen molar-refractivity contribution in [1.29, 1.82) is 0 Å². The first-order valence-corrected chi connectivity index (χ1v) is 6.20. The summed E-state index contributed by atoms with van der Waals surface area (Å²) >= 11 is 8.84. The van der Waals surface area contributed by atoms with E-state index in [0.717, 1.165) is 25.6 Å². The Balaban J connectivity index is 2.43. The van der Waals surface area contributed by atoms with Crippen LogP contribution in [0.25, 0.3) is 9.88 Å². The fraction of sp³-hybridized carbons (Fsp3) is 0.375. The van der Waals surface area contributed by atoms with Crippen molar-refractivity contribution in [2.45, 2.75) is 19.7 Å². The van der Waals surface area contributed by atoms with Crippen LogP contribution in [0.15, 0.2) is 0 Å². The Morgan fingerprint density at radius 1 is 1.21 bits per heavy atom. The van der Waals surface area contributed by atoms with E-state index in [1.54, 1.807) is 11.3 Å². The van der Waals surface area contributed by atoms with Crippen molar-refractivity contribution in [3.63, 3.8) is 0 Å². The zero-order chi connectivity index (χ0) is 10.1. The average molecular weight is 246 g/mol. The van der Waals surface area contributed by atoms with Gasteiger partial charge in [0.05, 0.1) is 21.5 Å². The maximum absolute atomic E-state index is 5.67. The summed E-state index contributed by atoms with van der Waals surface area (Å²) in [5.41, 5.74) is 1.02. The van der Waals surface area contributed by atoms with Gasteiger partial charge in [-0.15, -0.1) is 33.1 Å². The minimum atomic E-state index is 0.425. The normalized spacial score (nSPS) is 10.8. The molecule has 2 heterocycles. The molecule has 6 heteroatoms. The quantitative estimate of drug-likeness (QED) is 0.764.